The maximum atomic E-state index is 12.2. The number of urea groups is 1. The molecule has 3 N–H and O–H groups in total. The van der Waals surface area contributed by atoms with Crippen molar-refractivity contribution in [1.82, 2.24) is 15.6 Å². The van der Waals surface area contributed by atoms with Crippen LogP contribution in [0.25, 0.3) is 10.9 Å². The Kier molecular flexibility index (Phi) is 5.62. The molecule has 1 atom stereocenters. The molecule has 0 saturated carbocycles. The Hall–Kier alpha value is -2.50. The highest BCUT2D eigenvalue weighted by Gasteiger charge is 2.23. The van der Waals surface area contributed by atoms with Gasteiger partial charge in [-0.05, 0) is 32.4 Å². The smallest absolute Gasteiger partial charge is 0.329 e. The maximum absolute atomic E-state index is 12.2. The predicted octanol–water partition coefficient (Wildman–Crippen LogP) is 2.35. The molecule has 1 aromatic heterocycles. The van der Waals surface area contributed by atoms with Crippen molar-refractivity contribution in [1.29, 1.82) is 0 Å². The number of carbonyl (C=O) groups is 2. The van der Waals surface area contributed by atoms with Crippen molar-refractivity contribution in [3.05, 3.63) is 36.0 Å². The van der Waals surface area contributed by atoms with Crippen LogP contribution in [0.3, 0.4) is 0 Å². The van der Waals surface area contributed by atoms with Crippen LogP contribution in [0.1, 0.15) is 26.3 Å². The van der Waals surface area contributed by atoms with Gasteiger partial charge in [-0.3, -0.25) is 0 Å². The Balaban J connectivity index is 2.16. The molecule has 2 rings (SSSR count). The first-order valence-corrected chi connectivity index (χ1v) is 7.80. The van der Waals surface area contributed by atoms with Gasteiger partial charge in [0.15, 0.2) is 0 Å². The summed E-state index contributed by atoms with van der Waals surface area (Å²) in [6.45, 7) is 5.74. The van der Waals surface area contributed by atoms with E-state index in [0.29, 0.717) is 6.42 Å². The van der Waals surface area contributed by atoms with E-state index in [1.807, 2.05) is 44.3 Å². The van der Waals surface area contributed by atoms with Crippen LogP contribution in [0.2, 0.25) is 0 Å². The van der Waals surface area contributed by atoms with Crippen molar-refractivity contribution >= 4 is 22.9 Å². The zero-order chi connectivity index (χ0) is 16.8. The van der Waals surface area contributed by atoms with Crippen LogP contribution in [-0.2, 0) is 16.0 Å². The lowest BCUT2D eigenvalue weighted by atomic mass is 10.1. The van der Waals surface area contributed by atoms with E-state index in [4.69, 9.17) is 4.74 Å². The second kappa shape index (κ2) is 7.67. The molecule has 0 bridgehead atoms. The van der Waals surface area contributed by atoms with Crippen molar-refractivity contribution < 1.29 is 14.3 Å². The number of carbonyl (C=O) groups excluding carboxylic acids is 2. The second-order valence-electron chi connectivity index (χ2n) is 5.64. The van der Waals surface area contributed by atoms with E-state index >= 15 is 0 Å². The molecule has 1 heterocycles. The van der Waals surface area contributed by atoms with Gasteiger partial charge in [0.1, 0.15) is 6.04 Å². The molecule has 0 saturated heterocycles. The quantitative estimate of drug-likeness (QED) is 0.715. The first-order chi connectivity index (χ1) is 11.0. The molecule has 124 valence electrons. The fraction of sp³-hybridized carbons (Fsp3) is 0.412. The molecule has 6 nitrogen and oxygen atoms in total. The summed E-state index contributed by atoms with van der Waals surface area (Å²) in [4.78, 5) is 27.2. The van der Waals surface area contributed by atoms with Crippen molar-refractivity contribution in [2.45, 2.75) is 39.3 Å². The molecule has 0 aliphatic rings. The van der Waals surface area contributed by atoms with Crippen molar-refractivity contribution in [2.75, 3.05) is 6.61 Å². The second-order valence-corrected chi connectivity index (χ2v) is 5.64. The Morgan fingerprint density at radius 3 is 2.65 bits per heavy atom. The Bertz CT molecular complexity index is 679. The highest BCUT2D eigenvalue weighted by atomic mass is 16.5. The van der Waals surface area contributed by atoms with Crippen LogP contribution in [0, 0.1) is 0 Å². The van der Waals surface area contributed by atoms with Gasteiger partial charge in [0.25, 0.3) is 0 Å². The van der Waals surface area contributed by atoms with E-state index in [1.165, 1.54) is 0 Å². The lowest BCUT2D eigenvalue weighted by Crippen LogP contribution is -2.49. The minimum Gasteiger partial charge on any atom is -0.464 e. The molecule has 0 unspecified atom stereocenters. The summed E-state index contributed by atoms with van der Waals surface area (Å²) in [5.41, 5.74) is 1.96. The van der Waals surface area contributed by atoms with Gasteiger partial charge in [-0.1, -0.05) is 18.2 Å². The number of para-hydroxylation sites is 1. The predicted molar refractivity (Wildman–Crippen MR) is 89.2 cm³/mol. The van der Waals surface area contributed by atoms with Crippen LogP contribution in [-0.4, -0.2) is 35.7 Å². The summed E-state index contributed by atoms with van der Waals surface area (Å²) >= 11 is 0. The standard InChI is InChI=1S/C17H23N3O3/c1-4-23-16(21)15(20-17(22)19-11(2)3)9-12-10-18-14-8-6-5-7-13(12)14/h5-8,10-11,15,18H,4,9H2,1-3H3,(H2,19,20,22)/t15-/m0/s1. The van der Waals surface area contributed by atoms with Crippen molar-refractivity contribution in [3.63, 3.8) is 0 Å². The zero-order valence-corrected chi connectivity index (χ0v) is 13.7. The van der Waals surface area contributed by atoms with Gasteiger partial charge in [-0.2, -0.15) is 0 Å². The zero-order valence-electron chi connectivity index (χ0n) is 13.7. The molecule has 1 aromatic carbocycles. The maximum Gasteiger partial charge on any atom is 0.329 e. The number of benzene rings is 1. The van der Waals surface area contributed by atoms with E-state index in [1.54, 1.807) is 6.92 Å². The topological polar surface area (TPSA) is 83.2 Å². The number of H-pyrrole nitrogens is 1. The number of hydrogen-bond donors (Lipinski definition) is 3. The summed E-state index contributed by atoms with van der Waals surface area (Å²) in [5, 5.41) is 6.45. The highest BCUT2D eigenvalue weighted by molar-refractivity contribution is 5.87. The van der Waals surface area contributed by atoms with Gasteiger partial charge < -0.3 is 20.4 Å². The largest absolute Gasteiger partial charge is 0.464 e. The minimum atomic E-state index is -0.729. The summed E-state index contributed by atoms with van der Waals surface area (Å²) in [7, 11) is 0. The van der Waals surface area contributed by atoms with Gasteiger partial charge in [0.2, 0.25) is 0 Å². The van der Waals surface area contributed by atoms with Crippen LogP contribution < -0.4 is 10.6 Å². The monoisotopic (exact) mass is 317 g/mol. The Morgan fingerprint density at radius 2 is 1.96 bits per heavy atom. The third-order valence-electron chi connectivity index (χ3n) is 3.40. The molecule has 0 radical (unpaired) electrons. The molecule has 0 aliphatic carbocycles. The lowest BCUT2D eigenvalue weighted by molar-refractivity contribution is -0.145. The fourth-order valence-electron chi connectivity index (χ4n) is 2.42. The average molecular weight is 317 g/mol. The summed E-state index contributed by atoms with van der Waals surface area (Å²) in [6, 6.07) is 6.73. The third-order valence-corrected chi connectivity index (χ3v) is 3.40. The number of amides is 2. The highest BCUT2D eigenvalue weighted by Crippen LogP contribution is 2.19. The molecule has 2 amide bonds. The van der Waals surface area contributed by atoms with Crippen molar-refractivity contribution in [2.24, 2.45) is 0 Å². The molecule has 23 heavy (non-hydrogen) atoms. The van der Waals surface area contributed by atoms with Gasteiger partial charge in [-0.25, -0.2) is 9.59 Å². The SMILES string of the molecule is CCOC(=O)[C@H](Cc1c[nH]c2ccccc12)NC(=O)NC(C)C. The van der Waals surface area contributed by atoms with E-state index < -0.39 is 12.0 Å². The first kappa shape index (κ1) is 16.9. The molecule has 0 spiro atoms. The van der Waals surface area contributed by atoms with E-state index in [2.05, 4.69) is 15.6 Å². The van der Waals surface area contributed by atoms with Crippen LogP contribution in [0.5, 0.6) is 0 Å². The number of ether oxygens (including phenoxy) is 1. The number of rotatable bonds is 6. The first-order valence-electron chi connectivity index (χ1n) is 7.80. The minimum absolute atomic E-state index is 0.00839. The number of esters is 1. The lowest BCUT2D eigenvalue weighted by Gasteiger charge is -2.18. The molecule has 0 aliphatic heterocycles. The Labute approximate surface area is 135 Å². The Morgan fingerprint density at radius 1 is 1.22 bits per heavy atom. The summed E-state index contributed by atoms with van der Waals surface area (Å²) in [6.07, 6.45) is 2.23. The molecule has 0 fully saturated rings. The van der Waals surface area contributed by atoms with E-state index in [-0.39, 0.29) is 18.7 Å². The molecule has 2 aromatic rings. The third kappa shape index (κ3) is 4.48. The molecular formula is C17H23N3O3. The average Bonchev–Trinajstić information content (AvgIpc) is 2.89. The van der Waals surface area contributed by atoms with Crippen LogP contribution in [0.15, 0.2) is 30.5 Å². The van der Waals surface area contributed by atoms with Gasteiger partial charge in [0.05, 0.1) is 6.61 Å². The number of hydrogen-bond acceptors (Lipinski definition) is 3. The number of aromatic amines is 1. The van der Waals surface area contributed by atoms with E-state index in [0.717, 1.165) is 16.5 Å². The van der Waals surface area contributed by atoms with Gasteiger partial charge >= 0.3 is 12.0 Å². The number of nitrogens with one attached hydrogen (secondary N) is 3. The number of aromatic nitrogens is 1. The summed E-state index contributed by atoms with van der Waals surface area (Å²) in [5.74, 6) is -0.434. The van der Waals surface area contributed by atoms with Crippen molar-refractivity contribution in [3.8, 4) is 0 Å². The summed E-state index contributed by atoms with van der Waals surface area (Å²) < 4.78 is 5.08. The van der Waals surface area contributed by atoms with E-state index in [9.17, 15) is 9.59 Å². The molecule has 6 heteroatoms. The fourth-order valence-corrected chi connectivity index (χ4v) is 2.42. The van der Waals surface area contributed by atoms with Gasteiger partial charge in [0, 0.05) is 29.6 Å². The van der Waals surface area contributed by atoms with Gasteiger partial charge in [-0.15, -0.1) is 0 Å². The number of fused-ring (bicyclic) bond motifs is 1. The van der Waals surface area contributed by atoms with Crippen LogP contribution >= 0.6 is 0 Å². The normalized spacial score (nSPS) is 12.2. The molecular weight excluding hydrogens is 294 g/mol. The van der Waals surface area contributed by atoms with Crippen LogP contribution in [0.4, 0.5) is 4.79 Å².